The van der Waals surface area contributed by atoms with E-state index in [2.05, 4.69) is 23.9 Å². The Balaban J connectivity index is 0. The fourth-order valence-electron chi connectivity index (χ4n) is 0.799. The van der Waals surface area contributed by atoms with E-state index in [0.717, 1.165) is 32.7 Å². The molecule has 0 aliphatic heterocycles. The van der Waals surface area contributed by atoms with Crippen LogP contribution in [-0.2, 0) is 9.47 Å². The molecule has 0 saturated heterocycles. The Bertz CT molecular complexity index is 109. The lowest BCUT2D eigenvalue weighted by Gasteiger charge is -2.07. The van der Waals surface area contributed by atoms with Gasteiger partial charge in [-0.1, -0.05) is 0 Å². The van der Waals surface area contributed by atoms with Crippen LogP contribution in [0.5, 0.6) is 0 Å². The Kier molecular flexibility index (Phi) is 15.9. The standard InChI is InChI=1S/C6H15NO.C5H13NO/c1-7(2)5-4-6-8-3;1-6(2)4-5-7-3/h4-6H2,1-3H3;4-5H2,1-3H3. The topological polar surface area (TPSA) is 24.9 Å². The maximum atomic E-state index is 4.87. The van der Waals surface area contributed by atoms with Gasteiger partial charge in [-0.25, -0.2) is 0 Å². The lowest BCUT2D eigenvalue weighted by atomic mass is 10.4. The van der Waals surface area contributed by atoms with Gasteiger partial charge in [-0.2, -0.15) is 0 Å². The zero-order chi connectivity index (χ0) is 12.1. The Morgan fingerprint density at radius 1 is 0.733 bits per heavy atom. The largest absolute Gasteiger partial charge is 0.385 e. The van der Waals surface area contributed by atoms with Gasteiger partial charge >= 0.3 is 0 Å². The second-order valence-electron chi connectivity index (χ2n) is 3.95. The van der Waals surface area contributed by atoms with Crippen molar-refractivity contribution in [2.45, 2.75) is 6.42 Å². The molecule has 4 heteroatoms. The van der Waals surface area contributed by atoms with Crippen molar-refractivity contribution in [1.29, 1.82) is 0 Å². The van der Waals surface area contributed by atoms with Crippen LogP contribution in [0.2, 0.25) is 0 Å². The summed E-state index contributed by atoms with van der Waals surface area (Å²) >= 11 is 0. The molecule has 0 aliphatic rings. The summed E-state index contributed by atoms with van der Waals surface area (Å²) in [6, 6.07) is 0. The second kappa shape index (κ2) is 13.8. The van der Waals surface area contributed by atoms with E-state index in [1.54, 1.807) is 14.2 Å². The van der Waals surface area contributed by atoms with Crippen LogP contribution < -0.4 is 0 Å². The Hall–Kier alpha value is -0.160. The summed E-state index contributed by atoms with van der Waals surface area (Å²) < 4.78 is 9.68. The first-order valence-corrected chi connectivity index (χ1v) is 5.32. The second-order valence-corrected chi connectivity index (χ2v) is 3.95. The molecule has 0 atom stereocenters. The number of rotatable bonds is 7. The molecule has 94 valence electrons. The van der Waals surface area contributed by atoms with Crippen LogP contribution in [0.4, 0.5) is 0 Å². The van der Waals surface area contributed by atoms with Crippen LogP contribution in [0.15, 0.2) is 0 Å². The molecule has 0 aromatic heterocycles. The van der Waals surface area contributed by atoms with Gasteiger partial charge in [-0.15, -0.1) is 0 Å². The van der Waals surface area contributed by atoms with Crippen molar-refractivity contribution in [3.8, 4) is 0 Å². The predicted octanol–water partition coefficient (Wildman–Crippen LogP) is 0.779. The highest BCUT2D eigenvalue weighted by atomic mass is 16.5. The molecule has 0 amide bonds. The molecule has 0 N–H and O–H groups in total. The minimum absolute atomic E-state index is 0.826. The summed E-state index contributed by atoms with van der Waals surface area (Å²) in [5.74, 6) is 0. The summed E-state index contributed by atoms with van der Waals surface area (Å²) in [5.41, 5.74) is 0. The first kappa shape index (κ1) is 17.2. The highest BCUT2D eigenvalue weighted by Gasteiger charge is 1.86. The van der Waals surface area contributed by atoms with E-state index in [1.165, 1.54) is 0 Å². The van der Waals surface area contributed by atoms with Crippen LogP contribution in [0, 0.1) is 0 Å². The molecule has 0 bridgehead atoms. The van der Waals surface area contributed by atoms with E-state index in [1.807, 2.05) is 14.1 Å². The minimum Gasteiger partial charge on any atom is -0.385 e. The molecular weight excluding hydrogens is 192 g/mol. The summed E-state index contributed by atoms with van der Waals surface area (Å²) in [7, 11) is 11.6. The molecule has 0 spiro atoms. The molecule has 4 nitrogen and oxygen atoms in total. The number of ether oxygens (including phenoxy) is 2. The highest BCUT2D eigenvalue weighted by Crippen LogP contribution is 1.81. The molecule has 0 fully saturated rings. The molecular formula is C11H28N2O2. The Morgan fingerprint density at radius 3 is 1.47 bits per heavy atom. The third-order valence-corrected chi connectivity index (χ3v) is 1.70. The SMILES string of the molecule is COCCCN(C)C.COCCN(C)C. The van der Waals surface area contributed by atoms with Crippen molar-refractivity contribution in [2.24, 2.45) is 0 Å². The summed E-state index contributed by atoms with van der Waals surface area (Å²) in [4.78, 5) is 4.24. The lowest BCUT2D eigenvalue weighted by molar-refractivity contribution is 0.172. The van der Waals surface area contributed by atoms with Gasteiger partial charge in [0, 0.05) is 27.4 Å². The third kappa shape index (κ3) is 24.8. The van der Waals surface area contributed by atoms with Crippen molar-refractivity contribution < 1.29 is 9.47 Å². The molecule has 0 aromatic rings. The van der Waals surface area contributed by atoms with E-state index in [0.29, 0.717) is 0 Å². The van der Waals surface area contributed by atoms with E-state index >= 15 is 0 Å². The van der Waals surface area contributed by atoms with Crippen molar-refractivity contribution in [1.82, 2.24) is 9.80 Å². The van der Waals surface area contributed by atoms with Gasteiger partial charge in [0.1, 0.15) is 0 Å². The third-order valence-electron chi connectivity index (χ3n) is 1.70. The molecule has 0 unspecified atom stereocenters. The first-order chi connectivity index (χ1) is 7.04. The fraction of sp³-hybridized carbons (Fsp3) is 1.00. The zero-order valence-corrected chi connectivity index (χ0v) is 11.2. The molecule has 0 saturated carbocycles. The average molecular weight is 220 g/mol. The summed E-state index contributed by atoms with van der Waals surface area (Å²) in [6.07, 6.45) is 1.13. The van der Waals surface area contributed by atoms with E-state index < -0.39 is 0 Å². The van der Waals surface area contributed by atoms with E-state index in [-0.39, 0.29) is 0 Å². The van der Waals surface area contributed by atoms with Crippen molar-refractivity contribution in [2.75, 3.05) is 68.7 Å². The van der Waals surface area contributed by atoms with Crippen molar-refractivity contribution in [3.63, 3.8) is 0 Å². The molecule has 0 heterocycles. The molecule has 0 aromatic carbocycles. The molecule has 15 heavy (non-hydrogen) atoms. The Labute approximate surface area is 95.1 Å². The van der Waals surface area contributed by atoms with Gasteiger partial charge < -0.3 is 19.3 Å². The van der Waals surface area contributed by atoms with Crippen LogP contribution in [0.3, 0.4) is 0 Å². The number of methoxy groups -OCH3 is 2. The van der Waals surface area contributed by atoms with Gasteiger partial charge in [-0.05, 0) is 41.2 Å². The zero-order valence-electron chi connectivity index (χ0n) is 11.2. The fourth-order valence-corrected chi connectivity index (χ4v) is 0.799. The van der Waals surface area contributed by atoms with Gasteiger partial charge in [0.05, 0.1) is 6.61 Å². The normalized spacial score (nSPS) is 10.4. The van der Waals surface area contributed by atoms with Crippen molar-refractivity contribution in [3.05, 3.63) is 0 Å². The summed E-state index contributed by atoms with van der Waals surface area (Å²) in [5, 5.41) is 0. The Morgan fingerprint density at radius 2 is 1.20 bits per heavy atom. The number of hydrogen-bond donors (Lipinski definition) is 0. The monoisotopic (exact) mass is 220 g/mol. The maximum Gasteiger partial charge on any atom is 0.0589 e. The lowest BCUT2D eigenvalue weighted by Crippen LogP contribution is -2.16. The molecule has 0 radical (unpaired) electrons. The van der Waals surface area contributed by atoms with Gasteiger partial charge in [-0.3, -0.25) is 0 Å². The van der Waals surface area contributed by atoms with Gasteiger partial charge in [0.2, 0.25) is 0 Å². The molecule has 0 rings (SSSR count). The average Bonchev–Trinajstić information content (AvgIpc) is 2.15. The van der Waals surface area contributed by atoms with Crippen LogP contribution >= 0.6 is 0 Å². The highest BCUT2D eigenvalue weighted by molar-refractivity contribution is 4.40. The van der Waals surface area contributed by atoms with Crippen LogP contribution in [-0.4, -0.2) is 78.5 Å². The van der Waals surface area contributed by atoms with Crippen LogP contribution in [0.1, 0.15) is 6.42 Å². The minimum atomic E-state index is 0.826. The summed E-state index contributed by atoms with van der Waals surface area (Å²) in [6.45, 7) is 3.83. The first-order valence-electron chi connectivity index (χ1n) is 5.32. The van der Waals surface area contributed by atoms with E-state index in [9.17, 15) is 0 Å². The number of likely N-dealkylation sites (N-methyl/N-ethyl adjacent to an activating group) is 1. The number of hydrogen-bond acceptors (Lipinski definition) is 4. The van der Waals surface area contributed by atoms with Gasteiger partial charge in [0.25, 0.3) is 0 Å². The predicted molar refractivity (Wildman–Crippen MR) is 65.5 cm³/mol. The van der Waals surface area contributed by atoms with Crippen LogP contribution in [0.25, 0.3) is 0 Å². The molecule has 0 aliphatic carbocycles. The number of nitrogens with zero attached hydrogens (tertiary/aromatic N) is 2. The smallest absolute Gasteiger partial charge is 0.0589 e. The van der Waals surface area contributed by atoms with Gasteiger partial charge in [0.15, 0.2) is 0 Å². The maximum absolute atomic E-state index is 4.87. The van der Waals surface area contributed by atoms with E-state index in [4.69, 9.17) is 9.47 Å². The quantitative estimate of drug-likeness (QED) is 0.592. The van der Waals surface area contributed by atoms with Crippen molar-refractivity contribution >= 4 is 0 Å².